The normalized spacial score (nSPS) is 11.7. The Kier molecular flexibility index (Phi) is 8.33. The third kappa shape index (κ3) is 6.40. The quantitative estimate of drug-likeness (QED) is 0.664. The molecule has 1 N–H and O–H groups in total. The van der Waals surface area contributed by atoms with E-state index in [1.54, 1.807) is 36.9 Å². The van der Waals surface area contributed by atoms with Gasteiger partial charge in [-0.25, -0.2) is 4.39 Å². The molecule has 0 aromatic heterocycles. The van der Waals surface area contributed by atoms with Crippen LogP contribution in [0, 0.1) is 5.82 Å². The van der Waals surface area contributed by atoms with Crippen molar-refractivity contribution in [3.8, 4) is 0 Å². The topological polar surface area (TPSA) is 49.4 Å². The van der Waals surface area contributed by atoms with E-state index in [0.29, 0.717) is 17.9 Å². The fourth-order valence-corrected chi connectivity index (χ4v) is 3.49. The first-order chi connectivity index (χ1) is 13.0. The maximum absolute atomic E-state index is 14.1. The van der Waals surface area contributed by atoms with Gasteiger partial charge in [-0.1, -0.05) is 36.4 Å². The Hall–Kier alpha value is -2.34. The minimum absolute atomic E-state index is 0.0693. The Morgan fingerprint density at radius 3 is 2.44 bits per heavy atom. The van der Waals surface area contributed by atoms with E-state index >= 15 is 0 Å². The van der Waals surface area contributed by atoms with Crippen LogP contribution in [-0.4, -0.2) is 35.1 Å². The van der Waals surface area contributed by atoms with Crippen LogP contribution < -0.4 is 5.32 Å². The molecule has 27 heavy (non-hydrogen) atoms. The van der Waals surface area contributed by atoms with Gasteiger partial charge in [0.25, 0.3) is 0 Å². The van der Waals surface area contributed by atoms with Crippen molar-refractivity contribution in [2.45, 2.75) is 37.8 Å². The second-order valence-corrected chi connectivity index (χ2v) is 7.26. The molecule has 0 fully saturated rings. The molecule has 2 amide bonds. The fraction of sp³-hybridized carbons (Fsp3) is 0.333. The van der Waals surface area contributed by atoms with Gasteiger partial charge in [-0.2, -0.15) is 0 Å². The number of carbonyl (C=O) groups is 2. The zero-order valence-electron chi connectivity index (χ0n) is 15.7. The average molecular weight is 389 g/mol. The summed E-state index contributed by atoms with van der Waals surface area (Å²) in [5.41, 5.74) is 0.401. The standard InChI is InChI=1S/C21H25FN2O2S/c1-3-23-21(26)16(2)24(15-17-9-7-8-12-19(17)22)20(25)13-14-27-18-10-5-4-6-11-18/h4-12,16H,3,13-15H2,1-2H3,(H,23,26). The largest absolute Gasteiger partial charge is 0.355 e. The first kappa shape index (κ1) is 21.0. The lowest BCUT2D eigenvalue weighted by molar-refractivity contribution is -0.140. The molecule has 0 aliphatic heterocycles. The van der Waals surface area contributed by atoms with Crippen LogP contribution in [0.15, 0.2) is 59.5 Å². The van der Waals surface area contributed by atoms with E-state index in [1.807, 2.05) is 37.3 Å². The molecule has 0 aliphatic carbocycles. The molecule has 0 saturated heterocycles. The van der Waals surface area contributed by atoms with Crippen LogP contribution in [0.5, 0.6) is 0 Å². The van der Waals surface area contributed by atoms with Gasteiger partial charge in [-0.15, -0.1) is 11.8 Å². The summed E-state index contributed by atoms with van der Waals surface area (Å²) < 4.78 is 14.1. The number of amides is 2. The van der Waals surface area contributed by atoms with E-state index in [1.165, 1.54) is 11.0 Å². The minimum Gasteiger partial charge on any atom is -0.355 e. The molecule has 0 bridgehead atoms. The van der Waals surface area contributed by atoms with Gasteiger partial charge in [0, 0.05) is 35.7 Å². The molecule has 1 atom stereocenters. The highest BCUT2D eigenvalue weighted by molar-refractivity contribution is 7.99. The summed E-state index contributed by atoms with van der Waals surface area (Å²) >= 11 is 1.58. The molecule has 0 aliphatic rings. The smallest absolute Gasteiger partial charge is 0.242 e. The van der Waals surface area contributed by atoms with Crippen molar-refractivity contribution in [2.24, 2.45) is 0 Å². The molecule has 4 nitrogen and oxygen atoms in total. The van der Waals surface area contributed by atoms with E-state index in [4.69, 9.17) is 0 Å². The average Bonchev–Trinajstić information content (AvgIpc) is 2.67. The van der Waals surface area contributed by atoms with Crippen LogP contribution in [0.25, 0.3) is 0 Å². The van der Waals surface area contributed by atoms with Crippen LogP contribution in [0.2, 0.25) is 0 Å². The highest BCUT2D eigenvalue weighted by atomic mass is 32.2. The summed E-state index contributed by atoms with van der Waals surface area (Å²) in [6.07, 6.45) is 0.276. The fourth-order valence-electron chi connectivity index (χ4n) is 2.63. The molecule has 2 aromatic rings. The van der Waals surface area contributed by atoms with Gasteiger partial charge in [0.2, 0.25) is 11.8 Å². The van der Waals surface area contributed by atoms with E-state index in [2.05, 4.69) is 5.32 Å². The molecule has 6 heteroatoms. The third-order valence-electron chi connectivity index (χ3n) is 4.14. The van der Waals surface area contributed by atoms with Crippen LogP contribution in [-0.2, 0) is 16.1 Å². The van der Waals surface area contributed by atoms with Crippen molar-refractivity contribution in [2.75, 3.05) is 12.3 Å². The summed E-state index contributed by atoms with van der Waals surface area (Å²) in [7, 11) is 0. The van der Waals surface area contributed by atoms with Crippen molar-refractivity contribution in [3.05, 3.63) is 66.0 Å². The van der Waals surface area contributed by atoms with Gasteiger partial charge >= 0.3 is 0 Å². The monoisotopic (exact) mass is 388 g/mol. The molecular formula is C21H25FN2O2S. The van der Waals surface area contributed by atoms with Crippen molar-refractivity contribution in [3.63, 3.8) is 0 Å². The highest BCUT2D eigenvalue weighted by Crippen LogP contribution is 2.20. The summed E-state index contributed by atoms with van der Waals surface area (Å²) in [6.45, 7) is 4.05. The van der Waals surface area contributed by atoms with Gasteiger partial charge in [-0.3, -0.25) is 9.59 Å². The molecule has 0 radical (unpaired) electrons. The minimum atomic E-state index is -0.668. The molecule has 0 spiro atoms. The van der Waals surface area contributed by atoms with Gasteiger partial charge in [0.15, 0.2) is 0 Å². The van der Waals surface area contributed by atoms with Gasteiger partial charge in [0.05, 0.1) is 0 Å². The molecule has 2 aromatic carbocycles. The number of nitrogens with one attached hydrogen (secondary N) is 1. The molecule has 2 rings (SSSR count). The van der Waals surface area contributed by atoms with E-state index in [9.17, 15) is 14.0 Å². The zero-order valence-corrected chi connectivity index (χ0v) is 16.5. The number of carbonyl (C=O) groups excluding carboxylic acids is 2. The van der Waals surface area contributed by atoms with Crippen molar-refractivity contribution >= 4 is 23.6 Å². The van der Waals surface area contributed by atoms with Gasteiger partial charge < -0.3 is 10.2 Å². The Morgan fingerprint density at radius 1 is 1.11 bits per heavy atom. The Bertz CT molecular complexity index is 755. The molecular weight excluding hydrogens is 363 g/mol. The number of hydrogen-bond donors (Lipinski definition) is 1. The van der Waals surface area contributed by atoms with E-state index in [0.717, 1.165) is 4.90 Å². The highest BCUT2D eigenvalue weighted by Gasteiger charge is 2.26. The lowest BCUT2D eigenvalue weighted by atomic mass is 10.1. The lowest BCUT2D eigenvalue weighted by Gasteiger charge is -2.29. The summed E-state index contributed by atoms with van der Waals surface area (Å²) in [6, 6.07) is 15.5. The van der Waals surface area contributed by atoms with Gasteiger partial charge in [-0.05, 0) is 32.0 Å². The summed E-state index contributed by atoms with van der Waals surface area (Å²) in [5, 5.41) is 2.73. The van der Waals surface area contributed by atoms with Crippen LogP contribution in [0.4, 0.5) is 4.39 Å². The van der Waals surface area contributed by atoms with Crippen molar-refractivity contribution in [1.82, 2.24) is 10.2 Å². The molecule has 1 unspecified atom stereocenters. The second-order valence-electron chi connectivity index (χ2n) is 6.10. The van der Waals surface area contributed by atoms with Crippen LogP contribution in [0.3, 0.4) is 0 Å². The SMILES string of the molecule is CCNC(=O)C(C)N(Cc1ccccc1F)C(=O)CCSc1ccccc1. The number of likely N-dealkylation sites (N-methyl/N-ethyl adjacent to an activating group) is 1. The third-order valence-corrected chi connectivity index (χ3v) is 5.16. The summed E-state index contributed by atoms with van der Waals surface area (Å²) in [4.78, 5) is 27.6. The number of halogens is 1. The van der Waals surface area contributed by atoms with Crippen molar-refractivity contribution < 1.29 is 14.0 Å². The molecule has 0 heterocycles. The van der Waals surface area contributed by atoms with Gasteiger partial charge in [0.1, 0.15) is 11.9 Å². The number of thioether (sulfide) groups is 1. The Balaban J connectivity index is 2.06. The number of benzene rings is 2. The second kappa shape index (κ2) is 10.7. The number of nitrogens with zero attached hydrogens (tertiary/aromatic N) is 1. The Labute approximate surface area is 164 Å². The molecule has 144 valence electrons. The number of hydrogen-bond acceptors (Lipinski definition) is 3. The predicted molar refractivity (Wildman–Crippen MR) is 107 cm³/mol. The first-order valence-electron chi connectivity index (χ1n) is 9.01. The predicted octanol–water partition coefficient (Wildman–Crippen LogP) is 3.86. The maximum atomic E-state index is 14.1. The van der Waals surface area contributed by atoms with Crippen LogP contribution >= 0.6 is 11.8 Å². The summed E-state index contributed by atoms with van der Waals surface area (Å²) in [5.74, 6) is -0.186. The lowest BCUT2D eigenvalue weighted by Crippen LogP contribution is -2.47. The maximum Gasteiger partial charge on any atom is 0.242 e. The van der Waals surface area contributed by atoms with E-state index in [-0.39, 0.29) is 30.6 Å². The van der Waals surface area contributed by atoms with E-state index < -0.39 is 6.04 Å². The van der Waals surface area contributed by atoms with Crippen LogP contribution in [0.1, 0.15) is 25.8 Å². The Morgan fingerprint density at radius 2 is 1.78 bits per heavy atom. The number of rotatable bonds is 9. The zero-order chi connectivity index (χ0) is 19.6. The molecule has 0 saturated carbocycles. The first-order valence-corrected chi connectivity index (χ1v) is 10.00. The van der Waals surface area contributed by atoms with Crippen molar-refractivity contribution in [1.29, 1.82) is 0 Å².